The standard InChI is InChI=1S/C16H30N2O2/c1-4-15-9-11-18(12-10-15)16(19)8-6-5-7-13-20-17-14(2)3/h15H,4-13H2,1-3H3. The monoisotopic (exact) mass is 282 g/mol. The highest BCUT2D eigenvalue weighted by Gasteiger charge is 2.20. The van der Waals surface area contributed by atoms with Gasteiger partial charge < -0.3 is 9.74 Å². The van der Waals surface area contributed by atoms with Crippen LogP contribution in [-0.4, -0.2) is 36.2 Å². The van der Waals surface area contributed by atoms with Gasteiger partial charge in [-0.1, -0.05) is 18.5 Å². The summed E-state index contributed by atoms with van der Waals surface area (Å²) in [5, 5.41) is 3.89. The number of likely N-dealkylation sites (tertiary alicyclic amines) is 1. The molecule has 0 aromatic rings. The van der Waals surface area contributed by atoms with Crippen LogP contribution in [0.4, 0.5) is 0 Å². The molecule has 1 aliphatic heterocycles. The van der Waals surface area contributed by atoms with Crippen LogP contribution in [0.25, 0.3) is 0 Å². The highest BCUT2D eigenvalue weighted by molar-refractivity contribution is 5.78. The Morgan fingerprint density at radius 2 is 1.90 bits per heavy atom. The molecule has 0 radical (unpaired) electrons. The molecule has 0 N–H and O–H groups in total. The molecule has 4 heteroatoms. The quantitative estimate of drug-likeness (QED) is 0.388. The lowest BCUT2D eigenvalue weighted by molar-refractivity contribution is -0.132. The van der Waals surface area contributed by atoms with Gasteiger partial charge in [0.05, 0.1) is 5.71 Å². The predicted octanol–water partition coefficient (Wildman–Crippen LogP) is 3.61. The van der Waals surface area contributed by atoms with Crippen molar-refractivity contribution in [2.75, 3.05) is 19.7 Å². The van der Waals surface area contributed by atoms with Gasteiger partial charge in [-0.3, -0.25) is 4.79 Å². The lowest BCUT2D eigenvalue weighted by Gasteiger charge is -2.31. The number of carbonyl (C=O) groups is 1. The molecule has 0 spiro atoms. The van der Waals surface area contributed by atoms with E-state index in [1.54, 1.807) is 0 Å². The van der Waals surface area contributed by atoms with E-state index in [9.17, 15) is 4.79 Å². The van der Waals surface area contributed by atoms with E-state index in [2.05, 4.69) is 12.1 Å². The Kier molecular flexibility index (Phi) is 8.31. The molecule has 0 aliphatic carbocycles. The molecule has 4 nitrogen and oxygen atoms in total. The van der Waals surface area contributed by atoms with Crippen molar-refractivity contribution < 1.29 is 9.63 Å². The number of hydrogen-bond donors (Lipinski definition) is 0. The summed E-state index contributed by atoms with van der Waals surface area (Å²) >= 11 is 0. The highest BCUT2D eigenvalue weighted by Crippen LogP contribution is 2.20. The molecule has 1 rings (SSSR count). The van der Waals surface area contributed by atoms with Crippen molar-refractivity contribution in [1.29, 1.82) is 0 Å². The fraction of sp³-hybridized carbons (Fsp3) is 0.875. The van der Waals surface area contributed by atoms with Crippen LogP contribution in [0.3, 0.4) is 0 Å². The number of oxime groups is 1. The molecule has 1 aliphatic rings. The molecule has 0 bridgehead atoms. The molecule has 116 valence electrons. The van der Waals surface area contributed by atoms with E-state index in [1.165, 1.54) is 19.3 Å². The van der Waals surface area contributed by atoms with E-state index < -0.39 is 0 Å². The summed E-state index contributed by atoms with van der Waals surface area (Å²) in [5.74, 6) is 1.17. The Balaban J connectivity index is 2.02. The molecule has 0 aromatic carbocycles. The van der Waals surface area contributed by atoms with Crippen LogP contribution in [0.15, 0.2) is 5.16 Å². The smallest absolute Gasteiger partial charge is 0.222 e. The van der Waals surface area contributed by atoms with E-state index >= 15 is 0 Å². The average molecular weight is 282 g/mol. The number of amides is 1. The van der Waals surface area contributed by atoms with Crippen LogP contribution in [0.1, 0.15) is 65.7 Å². The molecule has 0 aromatic heterocycles. The number of hydrogen-bond acceptors (Lipinski definition) is 3. The summed E-state index contributed by atoms with van der Waals surface area (Å²) in [6, 6.07) is 0. The van der Waals surface area contributed by atoms with E-state index in [-0.39, 0.29) is 0 Å². The normalized spacial score (nSPS) is 16.1. The summed E-state index contributed by atoms with van der Waals surface area (Å²) in [6.45, 7) is 8.66. The Labute approximate surface area is 123 Å². The molecule has 1 saturated heterocycles. The van der Waals surface area contributed by atoms with Gasteiger partial charge in [0.25, 0.3) is 0 Å². The van der Waals surface area contributed by atoms with Crippen molar-refractivity contribution in [3.8, 4) is 0 Å². The maximum Gasteiger partial charge on any atom is 0.222 e. The second-order valence-corrected chi connectivity index (χ2v) is 5.91. The van der Waals surface area contributed by atoms with Gasteiger partial charge in [-0.15, -0.1) is 0 Å². The third kappa shape index (κ3) is 6.92. The first-order valence-electron chi connectivity index (χ1n) is 8.04. The van der Waals surface area contributed by atoms with Crippen molar-refractivity contribution in [2.45, 2.75) is 65.7 Å². The Bertz CT molecular complexity index is 304. The van der Waals surface area contributed by atoms with E-state index in [0.717, 1.165) is 44.0 Å². The zero-order chi connectivity index (χ0) is 14.8. The first-order chi connectivity index (χ1) is 9.63. The first-order valence-corrected chi connectivity index (χ1v) is 8.04. The zero-order valence-electron chi connectivity index (χ0n) is 13.4. The van der Waals surface area contributed by atoms with Crippen LogP contribution in [0.2, 0.25) is 0 Å². The van der Waals surface area contributed by atoms with Crippen LogP contribution in [0, 0.1) is 5.92 Å². The maximum atomic E-state index is 12.0. The molecule has 1 amide bonds. The van der Waals surface area contributed by atoms with Crippen LogP contribution in [0.5, 0.6) is 0 Å². The maximum absolute atomic E-state index is 12.0. The summed E-state index contributed by atoms with van der Waals surface area (Å²) in [5.41, 5.74) is 0.940. The minimum Gasteiger partial charge on any atom is -0.396 e. The summed E-state index contributed by atoms with van der Waals surface area (Å²) < 4.78 is 0. The fourth-order valence-corrected chi connectivity index (χ4v) is 2.54. The number of rotatable bonds is 8. The number of piperidine rings is 1. The van der Waals surface area contributed by atoms with Gasteiger partial charge >= 0.3 is 0 Å². The predicted molar refractivity (Wildman–Crippen MR) is 82.8 cm³/mol. The number of unbranched alkanes of at least 4 members (excludes halogenated alkanes) is 2. The second kappa shape index (κ2) is 9.78. The Morgan fingerprint density at radius 1 is 1.20 bits per heavy atom. The van der Waals surface area contributed by atoms with Gasteiger partial charge in [0.2, 0.25) is 5.91 Å². The fourth-order valence-electron chi connectivity index (χ4n) is 2.54. The zero-order valence-corrected chi connectivity index (χ0v) is 13.4. The molecule has 1 fully saturated rings. The third-order valence-corrected chi connectivity index (χ3v) is 3.92. The summed E-state index contributed by atoms with van der Waals surface area (Å²) in [4.78, 5) is 19.2. The largest absolute Gasteiger partial charge is 0.396 e. The van der Waals surface area contributed by atoms with Gasteiger partial charge in [-0.2, -0.15) is 0 Å². The van der Waals surface area contributed by atoms with Gasteiger partial charge in [-0.05, 0) is 51.9 Å². The van der Waals surface area contributed by atoms with Crippen molar-refractivity contribution in [2.24, 2.45) is 11.1 Å². The van der Waals surface area contributed by atoms with E-state index in [1.807, 2.05) is 18.7 Å². The first kappa shape index (κ1) is 17.0. The lowest BCUT2D eigenvalue weighted by Crippen LogP contribution is -2.38. The van der Waals surface area contributed by atoms with Crippen molar-refractivity contribution >= 4 is 11.6 Å². The molecule has 0 saturated carbocycles. The molecule has 1 heterocycles. The van der Waals surface area contributed by atoms with Crippen molar-refractivity contribution in [1.82, 2.24) is 4.90 Å². The van der Waals surface area contributed by atoms with Crippen LogP contribution in [-0.2, 0) is 9.63 Å². The van der Waals surface area contributed by atoms with Gasteiger partial charge in [-0.25, -0.2) is 0 Å². The lowest BCUT2D eigenvalue weighted by atomic mass is 9.94. The van der Waals surface area contributed by atoms with Crippen molar-refractivity contribution in [3.05, 3.63) is 0 Å². The van der Waals surface area contributed by atoms with Gasteiger partial charge in [0, 0.05) is 19.5 Å². The topological polar surface area (TPSA) is 41.9 Å². The minimum absolute atomic E-state index is 0.336. The summed E-state index contributed by atoms with van der Waals surface area (Å²) in [7, 11) is 0. The Hall–Kier alpha value is -1.06. The molecule has 20 heavy (non-hydrogen) atoms. The SMILES string of the molecule is CCC1CCN(C(=O)CCCCCON=C(C)C)CC1. The molecular formula is C16H30N2O2. The van der Waals surface area contributed by atoms with E-state index in [4.69, 9.17) is 4.84 Å². The van der Waals surface area contributed by atoms with Crippen molar-refractivity contribution in [3.63, 3.8) is 0 Å². The Morgan fingerprint density at radius 3 is 2.50 bits per heavy atom. The van der Waals surface area contributed by atoms with Crippen LogP contribution >= 0.6 is 0 Å². The van der Waals surface area contributed by atoms with Crippen LogP contribution < -0.4 is 0 Å². The molecule has 0 unspecified atom stereocenters. The molecular weight excluding hydrogens is 252 g/mol. The number of nitrogens with zero attached hydrogens (tertiary/aromatic N) is 2. The average Bonchev–Trinajstić information content (AvgIpc) is 2.45. The minimum atomic E-state index is 0.336. The number of carbonyl (C=O) groups excluding carboxylic acids is 1. The van der Waals surface area contributed by atoms with Gasteiger partial charge in [0.1, 0.15) is 6.61 Å². The highest BCUT2D eigenvalue weighted by atomic mass is 16.6. The summed E-state index contributed by atoms with van der Waals surface area (Å²) in [6.07, 6.45) is 7.28. The second-order valence-electron chi connectivity index (χ2n) is 5.91. The molecule has 0 atom stereocenters. The third-order valence-electron chi connectivity index (χ3n) is 3.92. The van der Waals surface area contributed by atoms with Gasteiger partial charge in [0.15, 0.2) is 0 Å². The van der Waals surface area contributed by atoms with E-state index in [0.29, 0.717) is 18.9 Å².